The van der Waals surface area contributed by atoms with Gasteiger partial charge in [0.05, 0.1) is 6.20 Å². The van der Waals surface area contributed by atoms with Crippen molar-refractivity contribution in [2.45, 2.75) is 32.1 Å². The van der Waals surface area contributed by atoms with E-state index in [0.29, 0.717) is 0 Å². The summed E-state index contributed by atoms with van der Waals surface area (Å²) in [6.07, 6.45) is 8.85. The van der Waals surface area contributed by atoms with Crippen LogP contribution in [0.5, 0.6) is 0 Å². The first kappa shape index (κ1) is 13.5. The van der Waals surface area contributed by atoms with Crippen molar-refractivity contribution in [2.75, 3.05) is 18.0 Å². The summed E-state index contributed by atoms with van der Waals surface area (Å²) in [6, 6.07) is 6.39. The molecule has 1 aromatic heterocycles. The number of aromatic nitrogens is 2. The molecule has 0 N–H and O–H groups in total. The third kappa shape index (κ3) is 2.54. The smallest absolute Gasteiger partial charge is 0.159 e. The Morgan fingerprint density at radius 3 is 2.86 bits per heavy atom. The summed E-state index contributed by atoms with van der Waals surface area (Å²) < 4.78 is 1.10. The zero-order valence-corrected chi connectivity index (χ0v) is 13.7. The molecule has 2 fully saturated rings. The van der Waals surface area contributed by atoms with E-state index in [1.807, 2.05) is 6.20 Å². The van der Waals surface area contributed by atoms with E-state index in [9.17, 15) is 0 Å². The number of benzene rings is 1. The van der Waals surface area contributed by atoms with Crippen LogP contribution >= 0.6 is 15.9 Å². The Labute approximate surface area is 133 Å². The zero-order valence-electron chi connectivity index (χ0n) is 12.1. The van der Waals surface area contributed by atoms with Gasteiger partial charge in [0.25, 0.3) is 0 Å². The topological polar surface area (TPSA) is 29.0 Å². The molecule has 1 saturated heterocycles. The summed E-state index contributed by atoms with van der Waals surface area (Å²) in [4.78, 5) is 2.47. The average Bonchev–Trinajstić information content (AvgIpc) is 2.53. The fourth-order valence-corrected chi connectivity index (χ4v) is 4.45. The van der Waals surface area contributed by atoms with E-state index in [4.69, 9.17) is 0 Å². The first-order chi connectivity index (χ1) is 10.3. The Balaban J connectivity index is 1.67. The van der Waals surface area contributed by atoms with E-state index < -0.39 is 0 Å². The van der Waals surface area contributed by atoms with Crippen molar-refractivity contribution in [1.29, 1.82) is 0 Å². The lowest BCUT2D eigenvalue weighted by atomic mass is 9.75. The van der Waals surface area contributed by atoms with Crippen molar-refractivity contribution in [1.82, 2.24) is 10.2 Å². The van der Waals surface area contributed by atoms with Gasteiger partial charge in [-0.15, -0.1) is 5.10 Å². The van der Waals surface area contributed by atoms with Crippen molar-refractivity contribution in [2.24, 2.45) is 11.8 Å². The molecule has 4 heteroatoms. The van der Waals surface area contributed by atoms with Crippen LogP contribution in [0.15, 0.2) is 28.9 Å². The van der Waals surface area contributed by atoms with Crippen molar-refractivity contribution < 1.29 is 0 Å². The Morgan fingerprint density at radius 2 is 1.95 bits per heavy atom. The molecule has 0 bridgehead atoms. The second kappa shape index (κ2) is 5.56. The fourth-order valence-electron chi connectivity index (χ4n) is 4.07. The van der Waals surface area contributed by atoms with Gasteiger partial charge in [-0.3, -0.25) is 0 Å². The van der Waals surface area contributed by atoms with Gasteiger partial charge in [-0.1, -0.05) is 35.2 Å². The zero-order chi connectivity index (χ0) is 14.2. The second-order valence-electron chi connectivity index (χ2n) is 6.44. The highest BCUT2D eigenvalue weighted by Gasteiger charge is 2.32. The van der Waals surface area contributed by atoms with Crippen LogP contribution in [0.4, 0.5) is 5.82 Å². The number of halogens is 1. The highest BCUT2D eigenvalue weighted by Crippen LogP contribution is 2.38. The second-order valence-corrected chi connectivity index (χ2v) is 7.35. The van der Waals surface area contributed by atoms with Crippen LogP contribution in [0.1, 0.15) is 32.1 Å². The molecule has 4 rings (SSSR count). The maximum Gasteiger partial charge on any atom is 0.159 e. The van der Waals surface area contributed by atoms with Crippen LogP contribution in [-0.2, 0) is 0 Å². The molecule has 1 saturated carbocycles. The van der Waals surface area contributed by atoms with Gasteiger partial charge in [-0.25, -0.2) is 0 Å². The molecule has 1 aliphatic carbocycles. The highest BCUT2D eigenvalue weighted by molar-refractivity contribution is 9.10. The number of piperidine rings is 1. The van der Waals surface area contributed by atoms with Crippen LogP contribution in [0.25, 0.3) is 10.8 Å². The first-order valence-corrected chi connectivity index (χ1v) is 8.76. The molecule has 110 valence electrons. The highest BCUT2D eigenvalue weighted by atomic mass is 79.9. The van der Waals surface area contributed by atoms with Crippen LogP contribution in [-0.4, -0.2) is 23.3 Å². The first-order valence-electron chi connectivity index (χ1n) is 7.97. The van der Waals surface area contributed by atoms with Crippen molar-refractivity contribution in [3.05, 3.63) is 28.9 Å². The quantitative estimate of drug-likeness (QED) is 0.766. The van der Waals surface area contributed by atoms with Crippen molar-refractivity contribution in [3.8, 4) is 0 Å². The summed E-state index contributed by atoms with van der Waals surface area (Å²) in [5, 5.41) is 11.1. The third-order valence-electron chi connectivity index (χ3n) is 5.19. The van der Waals surface area contributed by atoms with Gasteiger partial charge in [-0.05, 0) is 42.9 Å². The Hall–Kier alpha value is -1.16. The van der Waals surface area contributed by atoms with E-state index in [1.165, 1.54) is 42.9 Å². The van der Waals surface area contributed by atoms with Crippen LogP contribution in [0.2, 0.25) is 0 Å². The number of nitrogens with zero attached hydrogens (tertiary/aromatic N) is 3. The minimum atomic E-state index is 0.861. The van der Waals surface area contributed by atoms with Crippen LogP contribution < -0.4 is 4.90 Å². The predicted octanol–water partition coefficient (Wildman–Crippen LogP) is 4.41. The van der Waals surface area contributed by atoms with E-state index >= 15 is 0 Å². The minimum Gasteiger partial charge on any atom is -0.354 e. The number of anilines is 1. The van der Waals surface area contributed by atoms with E-state index in [0.717, 1.165) is 35.2 Å². The van der Waals surface area contributed by atoms with Gasteiger partial charge in [0.1, 0.15) is 0 Å². The predicted molar refractivity (Wildman–Crippen MR) is 89.5 cm³/mol. The lowest BCUT2D eigenvalue weighted by molar-refractivity contribution is 0.202. The monoisotopic (exact) mass is 345 g/mol. The van der Waals surface area contributed by atoms with Crippen molar-refractivity contribution in [3.63, 3.8) is 0 Å². The van der Waals surface area contributed by atoms with Gasteiger partial charge >= 0.3 is 0 Å². The molecule has 0 spiro atoms. The van der Waals surface area contributed by atoms with E-state index in [2.05, 4.69) is 49.2 Å². The Kier molecular flexibility index (Phi) is 3.57. The largest absolute Gasteiger partial charge is 0.354 e. The van der Waals surface area contributed by atoms with Gasteiger partial charge in [0, 0.05) is 28.3 Å². The number of hydrogen-bond acceptors (Lipinski definition) is 3. The summed E-state index contributed by atoms with van der Waals surface area (Å²) in [7, 11) is 0. The van der Waals surface area contributed by atoms with Crippen molar-refractivity contribution >= 4 is 32.5 Å². The molecule has 2 heterocycles. The summed E-state index contributed by atoms with van der Waals surface area (Å²) in [5.41, 5.74) is 0. The standard InChI is InChI=1S/C17H20BrN3/c18-15-5-6-16-14(9-15)10-19-20-17(16)21-8-7-12-3-1-2-4-13(12)11-21/h5-6,9-10,12-13H,1-4,7-8,11H2/t12-,13+/m0/s1. The molecule has 2 aliphatic rings. The molecular weight excluding hydrogens is 326 g/mol. The molecule has 21 heavy (non-hydrogen) atoms. The number of hydrogen-bond donors (Lipinski definition) is 0. The molecule has 0 amide bonds. The lowest BCUT2D eigenvalue weighted by Crippen LogP contribution is -2.42. The SMILES string of the molecule is Brc1ccc2c(N3CC[C@@H]4CCCC[C@@H]4C3)nncc2c1. The molecule has 0 radical (unpaired) electrons. The third-order valence-corrected chi connectivity index (χ3v) is 5.69. The Morgan fingerprint density at radius 1 is 1.10 bits per heavy atom. The normalized spacial score (nSPS) is 25.9. The molecular formula is C17H20BrN3. The Bertz CT molecular complexity index is 658. The molecule has 2 aromatic rings. The maximum absolute atomic E-state index is 4.46. The minimum absolute atomic E-state index is 0.861. The maximum atomic E-state index is 4.46. The number of fused-ring (bicyclic) bond motifs is 2. The summed E-state index contributed by atoms with van der Waals surface area (Å²) in [5.74, 6) is 2.89. The van der Waals surface area contributed by atoms with E-state index in [-0.39, 0.29) is 0 Å². The average molecular weight is 346 g/mol. The fraction of sp³-hybridized carbons (Fsp3) is 0.529. The summed E-state index contributed by atoms with van der Waals surface area (Å²) in [6.45, 7) is 2.29. The molecule has 1 aromatic carbocycles. The molecule has 2 atom stereocenters. The molecule has 1 aliphatic heterocycles. The number of rotatable bonds is 1. The summed E-state index contributed by atoms with van der Waals surface area (Å²) >= 11 is 3.54. The lowest BCUT2D eigenvalue weighted by Gasteiger charge is -2.41. The van der Waals surface area contributed by atoms with Crippen LogP contribution in [0.3, 0.4) is 0 Å². The van der Waals surface area contributed by atoms with E-state index in [1.54, 1.807) is 0 Å². The molecule has 3 nitrogen and oxygen atoms in total. The van der Waals surface area contributed by atoms with Gasteiger partial charge in [-0.2, -0.15) is 5.10 Å². The van der Waals surface area contributed by atoms with Gasteiger partial charge in [0.2, 0.25) is 0 Å². The van der Waals surface area contributed by atoms with Gasteiger partial charge < -0.3 is 4.90 Å². The molecule has 0 unspecified atom stereocenters. The van der Waals surface area contributed by atoms with Gasteiger partial charge in [0.15, 0.2) is 5.82 Å². The van der Waals surface area contributed by atoms with Crippen LogP contribution in [0, 0.1) is 11.8 Å².